The highest BCUT2D eigenvalue weighted by Crippen LogP contribution is 2.39. The standard InChI is InChI=1S/C3H10O6P2/c1-3(2,8-10(4)5)9-11(6)7/h4-7H,1-2H3. The van der Waals surface area contributed by atoms with E-state index in [2.05, 4.69) is 9.05 Å². The fourth-order valence-corrected chi connectivity index (χ4v) is 1.33. The molecule has 4 N–H and O–H groups in total. The molecule has 0 bridgehead atoms. The highest BCUT2D eigenvalue weighted by molar-refractivity contribution is 7.40. The molecule has 0 aromatic rings. The zero-order chi connectivity index (χ0) is 9.07. The van der Waals surface area contributed by atoms with Gasteiger partial charge in [0.1, 0.15) is 0 Å². The molecule has 0 rings (SSSR count). The van der Waals surface area contributed by atoms with Crippen LogP contribution in [0.3, 0.4) is 0 Å². The summed E-state index contributed by atoms with van der Waals surface area (Å²) in [5.41, 5.74) is 0. The van der Waals surface area contributed by atoms with E-state index >= 15 is 0 Å². The maximum atomic E-state index is 8.36. The second-order valence-electron chi connectivity index (χ2n) is 2.09. The zero-order valence-corrected chi connectivity index (χ0v) is 7.79. The molecule has 0 saturated carbocycles. The first kappa shape index (κ1) is 11.6. The third-order valence-electron chi connectivity index (χ3n) is 0.603. The number of hydrogen-bond donors (Lipinski definition) is 4. The Hall–Kier alpha value is 0.620. The van der Waals surface area contributed by atoms with E-state index in [9.17, 15) is 0 Å². The SMILES string of the molecule is CC(C)(OP(O)O)OP(O)O. The molecule has 11 heavy (non-hydrogen) atoms. The van der Waals surface area contributed by atoms with Gasteiger partial charge in [0, 0.05) is 0 Å². The maximum absolute atomic E-state index is 8.36. The Morgan fingerprint density at radius 3 is 1.36 bits per heavy atom. The summed E-state index contributed by atoms with van der Waals surface area (Å²) >= 11 is 0. The zero-order valence-electron chi connectivity index (χ0n) is 6.00. The first-order valence-corrected chi connectivity index (χ1v) is 4.90. The van der Waals surface area contributed by atoms with Crippen LogP contribution in [0.15, 0.2) is 0 Å². The van der Waals surface area contributed by atoms with Gasteiger partial charge in [0.15, 0.2) is 5.79 Å². The van der Waals surface area contributed by atoms with E-state index in [4.69, 9.17) is 19.6 Å². The molecule has 0 aliphatic carbocycles. The molecule has 0 spiro atoms. The molecule has 0 amide bonds. The van der Waals surface area contributed by atoms with Crippen LogP contribution in [-0.4, -0.2) is 25.4 Å². The first-order valence-electron chi connectivity index (χ1n) is 2.57. The Labute approximate surface area is 66.4 Å². The van der Waals surface area contributed by atoms with Crippen LogP contribution < -0.4 is 0 Å². The minimum atomic E-state index is -2.56. The van der Waals surface area contributed by atoms with Crippen LogP contribution in [0.2, 0.25) is 0 Å². The smallest absolute Gasteiger partial charge is 0.328 e. The maximum Gasteiger partial charge on any atom is 0.329 e. The van der Waals surface area contributed by atoms with Crippen molar-refractivity contribution in [3.63, 3.8) is 0 Å². The van der Waals surface area contributed by atoms with Gasteiger partial charge in [0.2, 0.25) is 0 Å². The summed E-state index contributed by atoms with van der Waals surface area (Å²) in [6.07, 6.45) is 0. The van der Waals surface area contributed by atoms with Crippen molar-refractivity contribution >= 4 is 17.2 Å². The second kappa shape index (κ2) is 4.60. The van der Waals surface area contributed by atoms with Gasteiger partial charge in [-0.2, -0.15) is 0 Å². The van der Waals surface area contributed by atoms with Gasteiger partial charge >= 0.3 is 17.2 Å². The van der Waals surface area contributed by atoms with Crippen molar-refractivity contribution in [1.82, 2.24) is 0 Å². The molecule has 0 unspecified atom stereocenters. The van der Waals surface area contributed by atoms with E-state index in [-0.39, 0.29) is 0 Å². The summed E-state index contributed by atoms with van der Waals surface area (Å²) in [5.74, 6) is -1.40. The highest BCUT2D eigenvalue weighted by Gasteiger charge is 2.26. The van der Waals surface area contributed by atoms with Gasteiger partial charge in [0.25, 0.3) is 0 Å². The third kappa shape index (κ3) is 7.00. The average molecular weight is 204 g/mol. The summed E-state index contributed by atoms with van der Waals surface area (Å²) in [6.45, 7) is 2.66. The molecule has 8 heteroatoms. The van der Waals surface area contributed by atoms with E-state index in [1.165, 1.54) is 13.8 Å². The van der Waals surface area contributed by atoms with Gasteiger partial charge < -0.3 is 19.6 Å². The van der Waals surface area contributed by atoms with Gasteiger partial charge in [-0.1, -0.05) is 0 Å². The van der Waals surface area contributed by atoms with E-state index in [0.717, 1.165) is 0 Å². The number of hydrogen-bond acceptors (Lipinski definition) is 6. The third-order valence-corrected chi connectivity index (χ3v) is 1.81. The minimum Gasteiger partial charge on any atom is -0.328 e. The van der Waals surface area contributed by atoms with E-state index in [0.29, 0.717) is 0 Å². The van der Waals surface area contributed by atoms with Crippen LogP contribution in [0.25, 0.3) is 0 Å². The molecule has 0 atom stereocenters. The Bertz CT molecular complexity index is 102. The normalized spacial score (nSPS) is 13.1. The molecule has 0 radical (unpaired) electrons. The van der Waals surface area contributed by atoms with E-state index in [1.54, 1.807) is 0 Å². The van der Waals surface area contributed by atoms with Crippen LogP contribution in [0, 0.1) is 0 Å². The van der Waals surface area contributed by atoms with Gasteiger partial charge in [0.05, 0.1) is 0 Å². The molecule has 0 aromatic heterocycles. The first-order chi connectivity index (χ1) is 4.83. The predicted octanol–water partition coefficient (Wildman–Crippen LogP) is 0.179. The minimum absolute atomic E-state index is 1.33. The van der Waals surface area contributed by atoms with Crippen LogP contribution in [0.4, 0.5) is 0 Å². The quantitative estimate of drug-likeness (QED) is 0.385. The summed E-state index contributed by atoms with van der Waals surface area (Å²) in [4.78, 5) is 33.5. The molecule has 0 saturated heterocycles. The fourth-order valence-electron chi connectivity index (χ4n) is 0.410. The van der Waals surface area contributed by atoms with Crippen molar-refractivity contribution in [1.29, 1.82) is 0 Å². The van der Waals surface area contributed by atoms with Crippen molar-refractivity contribution in [2.75, 3.05) is 0 Å². The molecule has 0 heterocycles. The lowest BCUT2D eigenvalue weighted by Crippen LogP contribution is -2.23. The molecule has 0 aliphatic heterocycles. The molecular weight excluding hydrogens is 194 g/mol. The van der Waals surface area contributed by atoms with Crippen LogP contribution in [0.1, 0.15) is 13.8 Å². The number of rotatable bonds is 4. The highest BCUT2D eigenvalue weighted by atomic mass is 31.2. The molecular formula is C3H10O6P2. The molecule has 68 valence electrons. The van der Waals surface area contributed by atoms with Crippen molar-refractivity contribution < 1.29 is 28.6 Å². The van der Waals surface area contributed by atoms with Crippen LogP contribution in [-0.2, 0) is 9.05 Å². The van der Waals surface area contributed by atoms with Crippen molar-refractivity contribution in [3.8, 4) is 0 Å². The Kier molecular flexibility index (Phi) is 4.86. The predicted molar refractivity (Wildman–Crippen MR) is 39.0 cm³/mol. The van der Waals surface area contributed by atoms with Crippen molar-refractivity contribution in [2.45, 2.75) is 19.6 Å². The lowest BCUT2D eigenvalue weighted by Gasteiger charge is -2.24. The lowest BCUT2D eigenvalue weighted by atomic mass is 10.4. The Morgan fingerprint density at radius 1 is 0.909 bits per heavy atom. The lowest BCUT2D eigenvalue weighted by molar-refractivity contribution is -0.0923. The van der Waals surface area contributed by atoms with E-state index < -0.39 is 23.0 Å². The average Bonchev–Trinajstić information content (AvgIpc) is 1.53. The largest absolute Gasteiger partial charge is 0.329 e. The summed E-state index contributed by atoms with van der Waals surface area (Å²) in [5, 5.41) is 0. The second-order valence-corrected chi connectivity index (χ2v) is 3.46. The fraction of sp³-hybridized carbons (Fsp3) is 1.00. The molecule has 0 fully saturated rings. The topological polar surface area (TPSA) is 99.4 Å². The Balaban J connectivity index is 3.79. The Morgan fingerprint density at radius 2 is 1.18 bits per heavy atom. The van der Waals surface area contributed by atoms with Gasteiger partial charge in [-0.15, -0.1) is 0 Å². The van der Waals surface area contributed by atoms with E-state index in [1.807, 2.05) is 0 Å². The summed E-state index contributed by atoms with van der Waals surface area (Å²) in [7, 11) is -5.11. The van der Waals surface area contributed by atoms with Crippen LogP contribution >= 0.6 is 17.2 Å². The molecule has 0 aromatic carbocycles. The van der Waals surface area contributed by atoms with Crippen LogP contribution in [0.5, 0.6) is 0 Å². The van der Waals surface area contributed by atoms with Gasteiger partial charge in [-0.25, -0.2) is 0 Å². The van der Waals surface area contributed by atoms with Gasteiger partial charge in [-0.3, -0.25) is 9.05 Å². The van der Waals surface area contributed by atoms with Crippen molar-refractivity contribution in [2.24, 2.45) is 0 Å². The molecule has 6 nitrogen and oxygen atoms in total. The monoisotopic (exact) mass is 204 g/mol. The summed E-state index contributed by atoms with van der Waals surface area (Å²) < 4.78 is 8.80. The summed E-state index contributed by atoms with van der Waals surface area (Å²) in [6, 6.07) is 0. The van der Waals surface area contributed by atoms with Gasteiger partial charge in [-0.05, 0) is 13.8 Å². The van der Waals surface area contributed by atoms with Crippen molar-refractivity contribution in [3.05, 3.63) is 0 Å². The molecule has 0 aliphatic rings.